The molecule has 5 heteroatoms. The summed E-state index contributed by atoms with van der Waals surface area (Å²) in [7, 11) is 0. The van der Waals surface area contributed by atoms with Crippen LogP contribution in [0, 0.1) is 0 Å². The van der Waals surface area contributed by atoms with Crippen molar-refractivity contribution in [3.63, 3.8) is 0 Å². The van der Waals surface area contributed by atoms with Crippen LogP contribution in [0.1, 0.15) is 86.8 Å². The molecule has 0 aromatic heterocycles. The molecule has 5 nitrogen and oxygen atoms in total. The van der Waals surface area contributed by atoms with Crippen LogP contribution < -0.4 is 4.89 Å². The first-order valence-electron chi connectivity index (χ1n) is 9.45. The van der Waals surface area contributed by atoms with Crippen molar-refractivity contribution < 1.29 is 24.8 Å². The highest BCUT2D eigenvalue weighted by molar-refractivity contribution is 5.94. The van der Waals surface area contributed by atoms with E-state index in [1.54, 1.807) is 0 Å². The number of aromatic hydroxyl groups is 1. The van der Waals surface area contributed by atoms with Crippen molar-refractivity contribution in [1.29, 1.82) is 0 Å². The molecule has 0 heterocycles. The lowest BCUT2D eigenvalue weighted by atomic mass is 9.87. The van der Waals surface area contributed by atoms with Crippen LogP contribution in [0.5, 0.6) is 11.5 Å². The van der Waals surface area contributed by atoms with Gasteiger partial charge >= 0.3 is 5.97 Å². The van der Waals surface area contributed by atoms with E-state index >= 15 is 0 Å². The minimum Gasteiger partial charge on any atom is -0.504 e. The molecular formula is C20H32O5. The van der Waals surface area contributed by atoms with Gasteiger partial charge in [-0.25, -0.2) is 4.79 Å². The van der Waals surface area contributed by atoms with E-state index < -0.39 is 5.97 Å². The summed E-state index contributed by atoms with van der Waals surface area (Å²) in [5, 5.41) is 20.3. The van der Waals surface area contributed by atoms with E-state index in [9.17, 15) is 15.0 Å². The van der Waals surface area contributed by atoms with Crippen LogP contribution in [0.15, 0.2) is 0 Å². The van der Waals surface area contributed by atoms with Crippen LogP contribution >= 0.6 is 0 Å². The van der Waals surface area contributed by atoms with Gasteiger partial charge < -0.3 is 15.1 Å². The number of benzene rings is 1. The Morgan fingerprint density at radius 2 is 1.44 bits per heavy atom. The average Bonchev–Trinajstić information content (AvgIpc) is 2.57. The summed E-state index contributed by atoms with van der Waals surface area (Å²) in [6.07, 6.45) is 6.49. The number of carbonyl (C=O) groups is 1. The van der Waals surface area contributed by atoms with E-state index in [1.165, 1.54) is 0 Å². The average molecular weight is 352 g/mol. The van der Waals surface area contributed by atoms with Gasteiger partial charge in [0.05, 0.1) is 6.61 Å². The van der Waals surface area contributed by atoms with Gasteiger partial charge in [-0.1, -0.05) is 53.4 Å². The zero-order valence-corrected chi connectivity index (χ0v) is 16.0. The minimum atomic E-state index is -1.13. The maximum absolute atomic E-state index is 11.8. The third-order valence-corrected chi connectivity index (χ3v) is 4.19. The number of hydrogen-bond acceptors (Lipinski definition) is 4. The van der Waals surface area contributed by atoms with Crippen LogP contribution in [0.4, 0.5) is 0 Å². The molecule has 142 valence electrons. The summed E-state index contributed by atoms with van der Waals surface area (Å²) in [5.41, 5.74) is 2.57. The van der Waals surface area contributed by atoms with Gasteiger partial charge in [-0.3, -0.25) is 0 Å². The molecule has 0 aliphatic heterocycles. The van der Waals surface area contributed by atoms with E-state index in [-0.39, 0.29) is 17.1 Å². The molecule has 2 N–H and O–H groups in total. The highest BCUT2D eigenvalue weighted by atomic mass is 17.2. The van der Waals surface area contributed by atoms with Crippen LogP contribution in [-0.4, -0.2) is 22.8 Å². The molecule has 0 aliphatic carbocycles. The summed E-state index contributed by atoms with van der Waals surface area (Å²) < 4.78 is 0. The third-order valence-electron chi connectivity index (χ3n) is 4.19. The fourth-order valence-electron chi connectivity index (χ4n) is 3.09. The predicted octanol–water partition coefficient (Wildman–Crippen LogP) is 5.06. The quantitative estimate of drug-likeness (QED) is 0.312. The highest BCUT2D eigenvalue weighted by Crippen LogP contribution is 2.41. The lowest BCUT2D eigenvalue weighted by Crippen LogP contribution is -2.13. The number of phenols is 1. The van der Waals surface area contributed by atoms with Crippen molar-refractivity contribution in [3.05, 3.63) is 22.3 Å². The van der Waals surface area contributed by atoms with Crippen molar-refractivity contribution in [2.24, 2.45) is 0 Å². The second-order valence-electron chi connectivity index (χ2n) is 6.30. The molecule has 0 bridgehead atoms. The Hall–Kier alpha value is -1.75. The van der Waals surface area contributed by atoms with Crippen molar-refractivity contribution in [1.82, 2.24) is 0 Å². The first kappa shape index (κ1) is 21.3. The Bertz CT molecular complexity index is 566. The van der Waals surface area contributed by atoms with Crippen LogP contribution in [0.25, 0.3) is 0 Å². The second kappa shape index (κ2) is 11.0. The second-order valence-corrected chi connectivity index (χ2v) is 6.30. The van der Waals surface area contributed by atoms with E-state index in [1.807, 2.05) is 13.8 Å². The Balaban J connectivity index is 3.52. The SMILES string of the molecule is CCCCOOc1c(O)c(C(=O)O)c(CCC)c(CCC)c1CCC. The molecule has 25 heavy (non-hydrogen) atoms. The predicted molar refractivity (Wildman–Crippen MR) is 98.5 cm³/mol. The molecule has 0 saturated carbocycles. The summed E-state index contributed by atoms with van der Waals surface area (Å²) in [5.74, 6) is -1.26. The Morgan fingerprint density at radius 1 is 0.880 bits per heavy atom. The number of carboxylic acid groups (broad SMARTS) is 1. The first-order valence-corrected chi connectivity index (χ1v) is 9.45. The maximum Gasteiger partial charge on any atom is 0.339 e. The van der Waals surface area contributed by atoms with Gasteiger partial charge in [0.1, 0.15) is 5.56 Å². The largest absolute Gasteiger partial charge is 0.504 e. The fourth-order valence-corrected chi connectivity index (χ4v) is 3.09. The standard InChI is InChI=1S/C20H32O5/c1-5-9-13-24-25-19-16(12-8-4)14(10-6-2)15(11-7-3)17(18(19)21)20(22)23/h21H,5-13H2,1-4H3,(H,22,23). The van der Waals surface area contributed by atoms with Crippen molar-refractivity contribution in [2.45, 2.75) is 79.1 Å². The van der Waals surface area contributed by atoms with Crippen LogP contribution in [-0.2, 0) is 24.2 Å². The topological polar surface area (TPSA) is 76.0 Å². The van der Waals surface area contributed by atoms with Gasteiger partial charge in [-0.15, -0.1) is 0 Å². The molecule has 1 aromatic carbocycles. The fraction of sp³-hybridized carbons (Fsp3) is 0.650. The van der Waals surface area contributed by atoms with Gasteiger partial charge in [0.25, 0.3) is 0 Å². The van der Waals surface area contributed by atoms with Crippen molar-refractivity contribution in [3.8, 4) is 11.5 Å². The van der Waals surface area contributed by atoms with Gasteiger partial charge in [-0.2, -0.15) is 4.89 Å². The lowest BCUT2D eigenvalue weighted by molar-refractivity contribution is -0.208. The summed E-state index contributed by atoms with van der Waals surface area (Å²) in [6.45, 7) is 8.58. The summed E-state index contributed by atoms with van der Waals surface area (Å²) in [6, 6.07) is 0. The normalized spacial score (nSPS) is 10.9. The number of hydrogen-bond donors (Lipinski definition) is 2. The number of carboxylic acids is 1. The summed E-state index contributed by atoms with van der Waals surface area (Å²) >= 11 is 0. The summed E-state index contributed by atoms with van der Waals surface area (Å²) in [4.78, 5) is 22.5. The van der Waals surface area contributed by atoms with Crippen molar-refractivity contribution in [2.75, 3.05) is 6.61 Å². The van der Waals surface area contributed by atoms with E-state index in [0.717, 1.165) is 55.2 Å². The third kappa shape index (κ3) is 5.36. The highest BCUT2D eigenvalue weighted by Gasteiger charge is 2.28. The molecule has 0 unspecified atom stereocenters. The molecular weight excluding hydrogens is 320 g/mol. The Labute approximate surface area is 150 Å². The molecule has 0 atom stereocenters. The van der Waals surface area contributed by atoms with Gasteiger partial charge in [-0.05, 0) is 36.8 Å². The molecule has 0 amide bonds. The first-order chi connectivity index (χ1) is 12.0. The molecule has 1 rings (SSSR count). The van der Waals surface area contributed by atoms with E-state index in [0.29, 0.717) is 19.4 Å². The molecule has 0 fully saturated rings. The van der Waals surface area contributed by atoms with Gasteiger partial charge in [0.2, 0.25) is 5.75 Å². The number of aromatic carboxylic acids is 1. The zero-order valence-electron chi connectivity index (χ0n) is 16.0. The van der Waals surface area contributed by atoms with Crippen LogP contribution in [0.2, 0.25) is 0 Å². The maximum atomic E-state index is 11.8. The Kier molecular flexibility index (Phi) is 9.35. The molecule has 0 saturated heterocycles. The van der Waals surface area contributed by atoms with E-state index in [4.69, 9.17) is 9.78 Å². The van der Waals surface area contributed by atoms with Gasteiger partial charge in [0.15, 0.2) is 5.75 Å². The monoisotopic (exact) mass is 352 g/mol. The van der Waals surface area contributed by atoms with E-state index in [2.05, 4.69) is 13.8 Å². The molecule has 0 spiro atoms. The minimum absolute atomic E-state index is 0.0424. The molecule has 0 radical (unpaired) electrons. The number of unbranched alkanes of at least 4 members (excludes halogenated alkanes) is 1. The molecule has 1 aromatic rings. The van der Waals surface area contributed by atoms with Crippen LogP contribution in [0.3, 0.4) is 0 Å². The van der Waals surface area contributed by atoms with Crippen molar-refractivity contribution >= 4 is 5.97 Å². The zero-order chi connectivity index (χ0) is 18.8. The Morgan fingerprint density at radius 3 is 1.96 bits per heavy atom. The smallest absolute Gasteiger partial charge is 0.339 e. The lowest BCUT2D eigenvalue weighted by Gasteiger charge is -2.21. The number of rotatable bonds is 12. The van der Waals surface area contributed by atoms with Gasteiger partial charge in [0, 0.05) is 5.56 Å². The molecule has 0 aliphatic rings.